The van der Waals surface area contributed by atoms with E-state index in [2.05, 4.69) is 26.6 Å². The van der Waals surface area contributed by atoms with Crippen LogP contribution in [-0.2, 0) is 0 Å². The maximum Gasteiger partial charge on any atom is 0.252 e. The molecule has 6 heteroatoms. The fourth-order valence-electron chi connectivity index (χ4n) is 1.23. The van der Waals surface area contributed by atoms with Crippen LogP contribution in [-0.4, -0.2) is 26.0 Å². The summed E-state index contributed by atoms with van der Waals surface area (Å²) in [4.78, 5) is 11.7. The molecule has 1 aromatic rings. The molecule has 3 nitrogen and oxygen atoms in total. The molecule has 1 aromatic carbocycles. The highest BCUT2D eigenvalue weighted by Gasteiger charge is 2.09. The minimum atomic E-state index is -0.137. The predicted octanol–water partition coefficient (Wildman–Crippen LogP) is 2.86. The zero-order valence-electron chi connectivity index (χ0n) is 9.43. The fourth-order valence-corrected chi connectivity index (χ4v) is 1.80. The minimum absolute atomic E-state index is 0. The summed E-state index contributed by atoms with van der Waals surface area (Å²) < 4.78 is 0.845. The topological polar surface area (TPSA) is 41.1 Å². The largest absolute Gasteiger partial charge is 0.352 e. The summed E-state index contributed by atoms with van der Waals surface area (Å²) >= 11 is 9.25. The zero-order valence-corrected chi connectivity index (χ0v) is 12.6. The molecule has 0 radical (unpaired) electrons. The summed E-state index contributed by atoms with van der Waals surface area (Å²) in [6.45, 7) is 1.52. The van der Waals surface area contributed by atoms with Crippen molar-refractivity contribution >= 4 is 45.8 Å². The molecule has 0 saturated carbocycles. The lowest BCUT2D eigenvalue weighted by Gasteiger charge is -2.06. The van der Waals surface area contributed by atoms with Crippen LogP contribution in [0.3, 0.4) is 0 Å². The van der Waals surface area contributed by atoms with Gasteiger partial charge >= 0.3 is 0 Å². The Balaban J connectivity index is 0.00000256. The Hall–Kier alpha value is -0.290. The van der Waals surface area contributed by atoms with Crippen molar-refractivity contribution in [1.29, 1.82) is 0 Å². The molecule has 0 aromatic heterocycles. The molecule has 2 N–H and O–H groups in total. The van der Waals surface area contributed by atoms with E-state index in [4.69, 9.17) is 11.6 Å². The Morgan fingerprint density at radius 3 is 2.76 bits per heavy atom. The lowest BCUT2D eigenvalue weighted by atomic mass is 10.2. The van der Waals surface area contributed by atoms with Gasteiger partial charge in [-0.2, -0.15) is 0 Å². The third kappa shape index (κ3) is 5.73. The van der Waals surface area contributed by atoms with Crippen molar-refractivity contribution in [3.05, 3.63) is 33.3 Å². The highest BCUT2D eigenvalue weighted by Crippen LogP contribution is 2.20. The minimum Gasteiger partial charge on any atom is -0.352 e. The van der Waals surface area contributed by atoms with Crippen molar-refractivity contribution in [3.63, 3.8) is 0 Å². The summed E-state index contributed by atoms with van der Waals surface area (Å²) in [7, 11) is 1.88. The van der Waals surface area contributed by atoms with Crippen molar-refractivity contribution in [3.8, 4) is 0 Å². The number of nitrogens with one attached hydrogen (secondary N) is 2. The number of halogens is 3. The van der Waals surface area contributed by atoms with Gasteiger partial charge in [0.2, 0.25) is 0 Å². The van der Waals surface area contributed by atoms with Crippen molar-refractivity contribution in [2.45, 2.75) is 6.42 Å². The molecule has 17 heavy (non-hydrogen) atoms. The van der Waals surface area contributed by atoms with E-state index in [1.807, 2.05) is 7.05 Å². The molecule has 0 aliphatic heterocycles. The molecule has 0 heterocycles. The first-order chi connectivity index (χ1) is 7.65. The van der Waals surface area contributed by atoms with Crippen LogP contribution in [0.4, 0.5) is 0 Å². The van der Waals surface area contributed by atoms with Gasteiger partial charge in [-0.05, 0) is 38.2 Å². The Morgan fingerprint density at radius 2 is 2.12 bits per heavy atom. The van der Waals surface area contributed by atoms with Gasteiger partial charge in [0.1, 0.15) is 0 Å². The summed E-state index contributed by atoms with van der Waals surface area (Å²) in [6, 6.07) is 5.23. The van der Waals surface area contributed by atoms with Gasteiger partial charge in [-0.25, -0.2) is 0 Å². The van der Waals surface area contributed by atoms with Crippen molar-refractivity contribution < 1.29 is 4.79 Å². The molecule has 0 bridgehead atoms. The zero-order chi connectivity index (χ0) is 12.0. The summed E-state index contributed by atoms with van der Waals surface area (Å²) in [6.07, 6.45) is 0.897. The molecular formula is C11H15BrCl2N2O. The van der Waals surface area contributed by atoms with Gasteiger partial charge in [0.25, 0.3) is 5.91 Å². The molecule has 0 saturated heterocycles. The third-order valence-corrected chi connectivity index (χ3v) is 2.88. The maximum absolute atomic E-state index is 11.7. The molecule has 96 valence electrons. The average Bonchev–Trinajstić information content (AvgIpc) is 2.27. The van der Waals surface area contributed by atoms with Gasteiger partial charge in [0.15, 0.2) is 0 Å². The number of benzene rings is 1. The summed E-state index contributed by atoms with van der Waals surface area (Å²) in [5.74, 6) is -0.137. The first kappa shape index (κ1) is 16.7. The number of rotatable bonds is 5. The van der Waals surface area contributed by atoms with Gasteiger partial charge in [0.05, 0.1) is 10.6 Å². The van der Waals surface area contributed by atoms with Crippen LogP contribution in [0.2, 0.25) is 5.02 Å². The number of carbonyl (C=O) groups is 1. The van der Waals surface area contributed by atoms with Gasteiger partial charge in [-0.15, -0.1) is 12.4 Å². The van der Waals surface area contributed by atoms with E-state index >= 15 is 0 Å². The van der Waals surface area contributed by atoms with Crippen LogP contribution in [0.25, 0.3) is 0 Å². The van der Waals surface area contributed by atoms with Crippen LogP contribution in [0.1, 0.15) is 16.8 Å². The third-order valence-electron chi connectivity index (χ3n) is 2.06. The number of carbonyl (C=O) groups excluding carboxylic acids is 1. The van der Waals surface area contributed by atoms with Gasteiger partial charge in [-0.3, -0.25) is 4.79 Å². The molecule has 0 aliphatic carbocycles. The van der Waals surface area contributed by atoms with Crippen LogP contribution >= 0.6 is 39.9 Å². The first-order valence-corrected chi connectivity index (χ1v) is 6.20. The smallest absolute Gasteiger partial charge is 0.252 e. The van der Waals surface area contributed by atoms with Crippen LogP contribution in [0, 0.1) is 0 Å². The average molecular weight is 342 g/mol. The monoisotopic (exact) mass is 340 g/mol. The lowest BCUT2D eigenvalue weighted by molar-refractivity contribution is 0.0953. The highest BCUT2D eigenvalue weighted by molar-refractivity contribution is 9.10. The molecule has 0 atom stereocenters. The van der Waals surface area contributed by atoms with E-state index < -0.39 is 0 Å². The Morgan fingerprint density at radius 1 is 1.41 bits per heavy atom. The molecule has 0 unspecified atom stereocenters. The van der Waals surface area contributed by atoms with E-state index in [-0.39, 0.29) is 18.3 Å². The quantitative estimate of drug-likeness (QED) is 0.808. The Kier molecular flexibility index (Phi) is 8.60. The molecule has 1 rings (SSSR count). The van der Waals surface area contributed by atoms with Crippen molar-refractivity contribution in [2.24, 2.45) is 0 Å². The number of hydrogen-bond acceptors (Lipinski definition) is 2. The second-order valence-electron chi connectivity index (χ2n) is 3.34. The van der Waals surface area contributed by atoms with E-state index in [1.54, 1.807) is 18.2 Å². The van der Waals surface area contributed by atoms with Crippen LogP contribution in [0.15, 0.2) is 22.7 Å². The summed E-state index contributed by atoms with van der Waals surface area (Å²) in [5.41, 5.74) is 0.500. The van der Waals surface area contributed by atoms with Crippen LogP contribution < -0.4 is 10.6 Å². The fraction of sp³-hybridized carbons (Fsp3) is 0.364. The summed E-state index contributed by atoms with van der Waals surface area (Å²) in [5, 5.41) is 6.30. The van der Waals surface area contributed by atoms with Gasteiger partial charge < -0.3 is 10.6 Å². The van der Waals surface area contributed by atoms with E-state index in [0.29, 0.717) is 17.1 Å². The Labute approximate surface area is 121 Å². The van der Waals surface area contributed by atoms with Crippen LogP contribution in [0.5, 0.6) is 0 Å². The second-order valence-corrected chi connectivity index (χ2v) is 4.66. The Bertz CT molecular complexity index is 374. The standard InChI is InChI=1S/C11H14BrClN2O.ClH/c1-14-5-2-6-15-11(16)9-7-8(12)3-4-10(9)13;/h3-4,7,14H,2,5-6H2,1H3,(H,15,16);1H. The van der Waals surface area contributed by atoms with E-state index in [0.717, 1.165) is 17.4 Å². The van der Waals surface area contributed by atoms with Gasteiger partial charge in [-0.1, -0.05) is 27.5 Å². The van der Waals surface area contributed by atoms with Crippen molar-refractivity contribution in [1.82, 2.24) is 10.6 Å². The molecule has 0 spiro atoms. The van der Waals surface area contributed by atoms with E-state index in [9.17, 15) is 4.79 Å². The lowest BCUT2D eigenvalue weighted by Crippen LogP contribution is -2.26. The number of amides is 1. The molecule has 1 amide bonds. The van der Waals surface area contributed by atoms with E-state index in [1.165, 1.54) is 0 Å². The SMILES string of the molecule is CNCCCNC(=O)c1cc(Br)ccc1Cl.Cl. The highest BCUT2D eigenvalue weighted by atomic mass is 79.9. The maximum atomic E-state index is 11.7. The predicted molar refractivity (Wildman–Crippen MR) is 77.3 cm³/mol. The first-order valence-electron chi connectivity index (χ1n) is 5.03. The molecule has 0 aliphatic rings. The van der Waals surface area contributed by atoms with Gasteiger partial charge in [0, 0.05) is 11.0 Å². The van der Waals surface area contributed by atoms with Crippen molar-refractivity contribution in [2.75, 3.05) is 20.1 Å². The number of hydrogen-bond donors (Lipinski definition) is 2. The molecule has 0 fully saturated rings. The normalized spacial score (nSPS) is 9.59. The second kappa shape index (κ2) is 8.75. The molecular weight excluding hydrogens is 327 g/mol.